The molecule has 1 aliphatic rings. The molecule has 0 spiro atoms. The zero-order valence-electron chi connectivity index (χ0n) is 12.1. The molecule has 0 unspecified atom stereocenters. The predicted octanol–water partition coefficient (Wildman–Crippen LogP) is 1.45. The second kappa shape index (κ2) is 7.85. The second-order valence-electron chi connectivity index (χ2n) is 5.05. The summed E-state index contributed by atoms with van der Waals surface area (Å²) in [7, 11) is -3.13. The summed E-state index contributed by atoms with van der Waals surface area (Å²) in [5.41, 5.74) is 0. The molecule has 0 aromatic carbocycles. The van der Waals surface area contributed by atoms with Gasteiger partial charge in [-0.15, -0.1) is 0 Å². The van der Waals surface area contributed by atoms with Gasteiger partial charge in [-0.1, -0.05) is 20.3 Å². The summed E-state index contributed by atoms with van der Waals surface area (Å²) in [6.07, 6.45) is 3.72. The van der Waals surface area contributed by atoms with Gasteiger partial charge in [-0.2, -0.15) is 0 Å². The fourth-order valence-corrected chi connectivity index (χ4v) is 3.93. The van der Waals surface area contributed by atoms with Crippen LogP contribution in [0.1, 0.15) is 46.0 Å². The van der Waals surface area contributed by atoms with Gasteiger partial charge < -0.3 is 4.90 Å². The maximum Gasteiger partial charge on any atom is 0.222 e. The van der Waals surface area contributed by atoms with Gasteiger partial charge in [-0.05, 0) is 19.3 Å². The number of hydrogen-bond donors (Lipinski definition) is 0. The predicted molar refractivity (Wildman–Crippen MR) is 76.4 cm³/mol. The molecule has 0 saturated carbocycles. The van der Waals surface area contributed by atoms with Gasteiger partial charge in [0.25, 0.3) is 0 Å². The van der Waals surface area contributed by atoms with Crippen molar-refractivity contribution in [3.63, 3.8) is 0 Å². The number of amides is 1. The number of unbranched alkanes of at least 4 members (excludes halogenated alkanes) is 1. The molecule has 6 heteroatoms. The van der Waals surface area contributed by atoms with Gasteiger partial charge in [0.15, 0.2) is 0 Å². The topological polar surface area (TPSA) is 57.7 Å². The summed E-state index contributed by atoms with van der Waals surface area (Å²) in [5, 5.41) is 0. The standard InChI is InChI=1S/C13H26N2O3S/c1-3-5-12-19(17,18)15-9-6-8-14(10-11-15)13(16)7-4-2/h3-12H2,1-2H3. The lowest BCUT2D eigenvalue weighted by molar-refractivity contribution is -0.131. The van der Waals surface area contributed by atoms with Crippen LogP contribution in [0.3, 0.4) is 0 Å². The summed E-state index contributed by atoms with van der Waals surface area (Å²) in [5.74, 6) is 0.377. The molecule has 0 N–H and O–H groups in total. The van der Waals surface area contributed by atoms with Crippen LogP contribution in [-0.4, -0.2) is 55.5 Å². The highest BCUT2D eigenvalue weighted by molar-refractivity contribution is 7.89. The molecule has 5 nitrogen and oxygen atoms in total. The van der Waals surface area contributed by atoms with E-state index < -0.39 is 10.0 Å². The fourth-order valence-electron chi connectivity index (χ4n) is 2.25. The van der Waals surface area contributed by atoms with Gasteiger partial charge in [-0.25, -0.2) is 12.7 Å². The molecule has 1 saturated heterocycles. The van der Waals surface area contributed by atoms with Gasteiger partial charge in [0.1, 0.15) is 0 Å². The lowest BCUT2D eigenvalue weighted by Crippen LogP contribution is -2.38. The Labute approximate surface area is 117 Å². The van der Waals surface area contributed by atoms with E-state index in [1.165, 1.54) is 0 Å². The van der Waals surface area contributed by atoms with Crippen molar-refractivity contribution >= 4 is 15.9 Å². The molecule has 1 heterocycles. The van der Waals surface area contributed by atoms with Crippen LogP contribution in [0.2, 0.25) is 0 Å². The first-order valence-electron chi connectivity index (χ1n) is 7.26. The van der Waals surface area contributed by atoms with Crippen LogP contribution in [0.25, 0.3) is 0 Å². The molecule has 1 fully saturated rings. The Balaban J connectivity index is 2.56. The zero-order valence-corrected chi connectivity index (χ0v) is 12.9. The number of rotatable bonds is 6. The maximum absolute atomic E-state index is 12.1. The van der Waals surface area contributed by atoms with E-state index >= 15 is 0 Å². The van der Waals surface area contributed by atoms with Crippen molar-refractivity contribution in [1.29, 1.82) is 0 Å². The van der Waals surface area contributed by atoms with Crippen LogP contribution in [-0.2, 0) is 14.8 Å². The Morgan fingerprint density at radius 1 is 1.05 bits per heavy atom. The highest BCUT2D eigenvalue weighted by atomic mass is 32.2. The molecule has 0 aromatic heterocycles. The number of carbonyl (C=O) groups excluding carboxylic acids is 1. The first-order chi connectivity index (χ1) is 9.01. The molecule has 19 heavy (non-hydrogen) atoms. The Hall–Kier alpha value is -0.620. The monoisotopic (exact) mass is 290 g/mol. The first kappa shape index (κ1) is 16.4. The lowest BCUT2D eigenvalue weighted by atomic mass is 10.3. The first-order valence-corrected chi connectivity index (χ1v) is 8.87. The van der Waals surface area contributed by atoms with E-state index in [2.05, 4.69) is 0 Å². The van der Waals surface area contributed by atoms with Crippen molar-refractivity contribution in [2.45, 2.75) is 46.0 Å². The van der Waals surface area contributed by atoms with Crippen molar-refractivity contribution in [3.8, 4) is 0 Å². The number of nitrogens with zero attached hydrogens (tertiary/aromatic N) is 2. The minimum atomic E-state index is -3.13. The van der Waals surface area contributed by atoms with E-state index in [0.29, 0.717) is 39.0 Å². The van der Waals surface area contributed by atoms with E-state index in [-0.39, 0.29) is 11.7 Å². The Bertz CT molecular complexity index is 381. The van der Waals surface area contributed by atoms with Crippen LogP contribution < -0.4 is 0 Å². The van der Waals surface area contributed by atoms with Crippen LogP contribution >= 0.6 is 0 Å². The Morgan fingerprint density at radius 3 is 2.42 bits per heavy atom. The van der Waals surface area contributed by atoms with E-state index in [1.54, 1.807) is 9.21 Å². The van der Waals surface area contributed by atoms with Gasteiger partial charge in [0.05, 0.1) is 5.75 Å². The second-order valence-corrected chi connectivity index (χ2v) is 7.14. The van der Waals surface area contributed by atoms with Gasteiger partial charge in [-0.3, -0.25) is 4.79 Å². The van der Waals surface area contributed by atoms with Crippen molar-refractivity contribution in [1.82, 2.24) is 9.21 Å². The summed E-state index contributed by atoms with van der Waals surface area (Å²) in [4.78, 5) is 13.6. The summed E-state index contributed by atoms with van der Waals surface area (Å²) in [6.45, 7) is 6.17. The molecule has 0 aliphatic carbocycles. The molecule has 1 aliphatic heterocycles. The van der Waals surface area contributed by atoms with E-state index in [4.69, 9.17) is 0 Å². The maximum atomic E-state index is 12.1. The van der Waals surface area contributed by atoms with E-state index in [1.807, 2.05) is 13.8 Å². The van der Waals surface area contributed by atoms with Gasteiger partial charge >= 0.3 is 0 Å². The van der Waals surface area contributed by atoms with Gasteiger partial charge in [0.2, 0.25) is 15.9 Å². The lowest BCUT2D eigenvalue weighted by Gasteiger charge is -2.21. The summed E-state index contributed by atoms with van der Waals surface area (Å²) >= 11 is 0. The van der Waals surface area contributed by atoms with Crippen molar-refractivity contribution in [2.75, 3.05) is 31.9 Å². The average Bonchev–Trinajstić information content (AvgIpc) is 2.63. The fraction of sp³-hybridized carbons (Fsp3) is 0.923. The summed E-state index contributed by atoms with van der Waals surface area (Å²) < 4.78 is 25.8. The third-order valence-corrected chi connectivity index (χ3v) is 5.38. The number of carbonyl (C=O) groups is 1. The summed E-state index contributed by atoms with van der Waals surface area (Å²) in [6, 6.07) is 0. The van der Waals surface area contributed by atoms with E-state index in [0.717, 1.165) is 19.3 Å². The smallest absolute Gasteiger partial charge is 0.222 e. The highest BCUT2D eigenvalue weighted by Crippen LogP contribution is 2.11. The number of sulfonamides is 1. The quantitative estimate of drug-likeness (QED) is 0.744. The molecule has 0 aromatic rings. The molecule has 0 radical (unpaired) electrons. The van der Waals surface area contributed by atoms with Crippen molar-refractivity contribution < 1.29 is 13.2 Å². The third-order valence-electron chi connectivity index (χ3n) is 3.42. The number of hydrogen-bond acceptors (Lipinski definition) is 3. The van der Waals surface area contributed by atoms with Crippen molar-refractivity contribution in [2.24, 2.45) is 0 Å². The molecule has 0 atom stereocenters. The Kier molecular flexibility index (Phi) is 6.79. The van der Waals surface area contributed by atoms with Crippen LogP contribution in [0.4, 0.5) is 0 Å². The molecular formula is C13H26N2O3S. The third kappa shape index (κ3) is 5.10. The molecular weight excluding hydrogens is 264 g/mol. The van der Waals surface area contributed by atoms with Crippen molar-refractivity contribution in [3.05, 3.63) is 0 Å². The van der Waals surface area contributed by atoms with Crippen LogP contribution in [0.15, 0.2) is 0 Å². The minimum absolute atomic E-state index is 0.148. The minimum Gasteiger partial charge on any atom is -0.341 e. The SMILES string of the molecule is CCCCS(=O)(=O)N1CCCN(C(=O)CCC)CC1. The largest absolute Gasteiger partial charge is 0.341 e. The molecule has 1 amide bonds. The van der Waals surface area contributed by atoms with Crippen LogP contribution in [0, 0.1) is 0 Å². The highest BCUT2D eigenvalue weighted by Gasteiger charge is 2.25. The molecule has 112 valence electrons. The van der Waals surface area contributed by atoms with Gasteiger partial charge in [0, 0.05) is 32.6 Å². The van der Waals surface area contributed by atoms with E-state index in [9.17, 15) is 13.2 Å². The zero-order chi connectivity index (χ0) is 14.3. The molecule has 1 rings (SSSR count). The average molecular weight is 290 g/mol. The normalized spacial score (nSPS) is 18.3. The Morgan fingerprint density at radius 2 is 1.79 bits per heavy atom. The van der Waals surface area contributed by atoms with Crippen LogP contribution in [0.5, 0.6) is 0 Å². The molecule has 0 bridgehead atoms.